The topological polar surface area (TPSA) is 58.2 Å². The number of aromatic nitrogens is 2. The van der Waals surface area contributed by atoms with Gasteiger partial charge in [-0.2, -0.15) is 5.10 Å². The number of nitrogens with one attached hydrogen (secondary N) is 1. The van der Waals surface area contributed by atoms with E-state index in [1.807, 2.05) is 32.0 Å². The number of aryl methyl sites for hydroxylation is 2. The van der Waals surface area contributed by atoms with Crippen LogP contribution in [0.2, 0.25) is 0 Å². The first-order valence-electron chi connectivity index (χ1n) is 6.48. The molecule has 0 radical (unpaired) electrons. The SMILES string of the molecule is Cc1ccc(OCC(=O)N(C)Cc2cn[nH]c2)c(C)c1. The first-order chi connectivity index (χ1) is 9.56. The fourth-order valence-corrected chi connectivity index (χ4v) is 1.94. The number of rotatable bonds is 5. The summed E-state index contributed by atoms with van der Waals surface area (Å²) in [5.41, 5.74) is 3.18. The molecule has 0 spiro atoms. The molecule has 1 aromatic heterocycles. The lowest BCUT2D eigenvalue weighted by Gasteiger charge is -2.17. The van der Waals surface area contributed by atoms with Gasteiger partial charge >= 0.3 is 0 Å². The van der Waals surface area contributed by atoms with Gasteiger partial charge in [0.25, 0.3) is 5.91 Å². The Morgan fingerprint density at radius 1 is 1.40 bits per heavy atom. The van der Waals surface area contributed by atoms with Crippen LogP contribution >= 0.6 is 0 Å². The van der Waals surface area contributed by atoms with Gasteiger partial charge in [-0.15, -0.1) is 0 Å². The Morgan fingerprint density at radius 2 is 2.20 bits per heavy atom. The van der Waals surface area contributed by atoms with E-state index >= 15 is 0 Å². The van der Waals surface area contributed by atoms with E-state index in [4.69, 9.17) is 4.74 Å². The van der Waals surface area contributed by atoms with Gasteiger partial charge in [-0.1, -0.05) is 17.7 Å². The van der Waals surface area contributed by atoms with Crippen LogP contribution in [-0.4, -0.2) is 34.7 Å². The number of carbonyl (C=O) groups excluding carboxylic acids is 1. The molecule has 0 bridgehead atoms. The zero-order valence-electron chi connectivity index (χ0n) is 12.0. The van der Waals surface area contributed by atoms with Crippen LogP contribution in [0.4, 0.5) is 0 Å². The Morgan fingerprint density at radius 3 is 2.85 bits per heavy atom. The minimum absolute atomic E-state index is 0.0399. The second-order valence-corrected chi connectivity index (χ2v) is 4.91. The predicted octanol–water partition coefficient (Wildman–Crippen LogP) is 2.06. The number of aromatic amines is 1. The van der Waals surface area contributed by atoms with Gasteiger partial charge in [-0.05, 0) is 25.5 Å². The van der Waals surface area contributed by atoms with Crippen molar-refractivity contribution < 1.29 is 9.53 Å². The molecule has 0 aliphatic carbocycles. The molecule has 0 saturated carbocycles. The first-order valence-corrected chi connectivity index (χ1v) is 6.48. The van der Waals surface area contributed by atoms with Gasteiger partial charge < -0.3 is 9.64 Å². The van der Waals surface area contributed by atoms with Crippen molar-refractivity contribution in [2.45, 2.75) is 20.4 Å². The lowest BCUT2D eigenvalue weighted by Crippen LogP contribution is -2.30. The highest BCUT2D eigenvalue weighted by molar-refractivity contribution is 5.77. The standard InChI is InChI=1S/C15H19N3O2/c1-11-4-5-14(12(2)6-11)20-10-15(19)18(3)9-13-7-16-17-8-13/h4-8H,9-10H2,1-3H3,(H,16,17). The highest BCUT2D eigenvalue weighted by Crippen LogP contribution is 2.18. The molecule has 0 aliphatic rings. The largest absolute Gasteiger partial charge is 0.484 e. The molecular formula is C15H19N3O2. The molecule has 20 heavy (non-hydrogen) atoms. The highest BCUT2D eigenvalue weighted by Gasteiger charge is 2.11. The second-order valence-electron chi connectivity index (χ2n) is 4.91. The smallest absolute Gasteiger partial charge is 0.260 e. The maximum Gasteiger partial charge on any atom is 0.260 e. The molecule has 1 amide bonds. The van der Waals surface area contributed by atoms with Crippen molar-refractivity contribution in [1.82, 2.24) is 15.1 Å². The minimum atomic E-state index is -0.0637. The number of nitrogens with zero attached hydrogens (tertiary/aromatic N) is 2. The zero-order chi connectivity index (χ0) is 14.5. The third-order valence-corrected chi connectivity index (χ3v) is 3.08. The van der Waals surface area contributed by atoms with Crippen molar-refractivity contribution in [3.8, 4) is 5.75 Å². The van der Waals surface area contributed by atoms with Crippen LogP contribution in [0.25, 0.3) is 0 Å². The number of benzene rings is 1. The molecule has 0 aliphatic heterocycles. The molecule has 2 rings (SSSR count). The number of likely N-dealkylation sites (N-methyl/N-ethyl adjacent to an activating group) is 1. The third-order valence-electron chi connectivity index (χ3n) is 3.08. The van der Waals surface area contributed by atoms with Crippen molar-refractivity contribution in [1.29, 1.82) is 0 Å². The van der Waals surface area contributed by atoms with E-state index in [9.17, 15) is 4.79 Å². The molecule has 1 aromatic carbocycles. The van der Waals surface area contributed by atoms with Crippen molar-refractivity contribution in [2.75, 3.05) is 13.7 Å². The number of amides is 1. The maximum atomic E-state index is 12.0. The third kappa shape index (κ3) is 3.60. The van der Waals surface area contributed by atoms with E-state index in [0.29, 0.717) is 6.54 Å². The fraction of sp³-hybridized carbons (Fsp3) is 0.333. The van der Waals surface area contributed by atoms with Crippen LogP contribution in [0, 0.1) is 13.8 Å². The lowest BCUT2D eigenvalue weighted by atomic mass is 10.1. The van der Waals surface area contributed by atoms with Gasteiger partial charge in [0.15, 0.2) is 6.61 Å². The Bertz CT molecular complexity index is 579. The van der Waals surface area contributed by atoms with Crippen molar-refractivity contribution in [2.24, 2.45) is 0 Å². The van der Waals surface area contributed by atoms with Crippen LogP contribution in [0.1, 0.15) is 16.7 Å². The maximum absolute atomic E-state index is 12.0. The number of ether oxygens (including phenoxy) is 1. The van der Waals surface area contributed by atoms with Gasteiger partial charge in [0.1, 0.15) is 5.75 Å². The van der Waals surface area contributed by atoms with Crippen LogP contribution < -0.4 is 4.74 Å². The van der Waals surface area contributed by atoms with Crippen molar-refractivity contribution >= 4 is 5.91 Å². The summed E-state index contributed by atoms with van der Waals surface area (Å²) in [6.07, 6.45) is 3.48. The highest BCUT2D eigenvalue weighted by atomic mass is 16.5. The van der Waals surface area contributed by atoms with Crippen LogP contribution in [-0.2, 0) is 11.3 Å². The summed E-state index contributed by atoms with van der Waals surface area (Å²) in [5, 5.41) is 6.58. The summed E-state index contributed by atoms with van der Waals surface area (Å²) in [7, 11) is 1.75. The van der Waals surface area contributed by atoms with Crippen LogP contribution in [0.15, 0.2) is 30.6 Å². The Labute approximate surface area is 118 Å². The monoisotopic (exact) mass is 273 g/mol. The van der Waals surface area contributed by atoms with E-state index in [1.54, 1.807) is 24.3 Å². The molecule has 1 N–H and O–H groups in total. The van der Waals surface area contributed by atoms with Crippen molar-refractivity contribution in [3.63, 3.8) is 0 Å². The number of carbonyl (C=O) groups is 1. The molecule has 0 saturated heterocycles. The molecule has 0 atom stereocenters. The van der Waals surface area contributed by atoms with Gasteiger partial charge in [0.2, 0.25) is 0 Å². The molecule has 5 heteroatoms. The zero-order valence-corrected chi connectivity index (χ0v) is 12.0. The van der Waals surface area contributed by atoms with Crippen LogP contribution in [0.3, 0.4) is 0 Å². The minimum Gasteiger partial charge on any atom is -0.484 e. The number of hydrogen-bond donors (Lipinski definition) is 1. The fourth-order valence-electron chi connectivity index (χ4n) is 1.94. The molecule has 0 fully saturated rings. The van der Waals surface area contributed by atoms with E-state index in [1.165, 1.54) is 5.56 Å². The Balaban J connectivity index is 1.88. The quantitative estimate of drug-likeness (QED) is 0.907. The lowest BCUT2D eigenvalue weighted by molar-refractivity contribution is -0.132. The molecule has 2 aromatic rings. The second kappa shape index (κ2) is 6.23. The van der Waals surface area contributed by atoms with E-state index in [0.717, 1.165) is 16.9 Å². The Kier molecular flexibility index (Phi) is 4.40. The summed E-state index contributed by atoms with van der Waals surface area (Å²) in [4.78, 5) is 13.6. The number of hydrogen-bond acceptors (Lipinski definition) is 3. The normalized spacial score (nSPS) is 10.3. The van der Waals surface area contributed by atoms with E-state index in [-0.39, 0.29) is 12.5 Å². The molecule has 106 valence electrons. The number of H-pyrrole nitrogens is 1. The van der Waals surface area contributed by atoms with Crippen LogP contribution in [0.5, 0.6) is 5.75 Å². The van der Waals surface area contributed by atoms with Crippen molar-refractivity contribution in [3.05, 3.63) is 47.3 Å². The van der Waals surface area contributed by atoms with Gasteiger partial charge in [0, 0.05) is 25.4 Å². The molecular weight excluding hydrogens is 254 g/mol. The average molecular weight is 273 g/mol. The predicted molar refractivity (Wildman–Crippen MR) is 76.5 cm³/mol. The summed E-state index contributed by atoms with van der Waals surface area (Å²) < 4.78 is 5.58. The Hall–Kier alpha value is -2.30. The molecule has 5 nitrogen and oxygen atoms in total. The van der Waals surface area contributed by atoms with Gasteiger partial charge in [0.05, 0.1) is 6.20 Å². The van der Waals surface area contributed by atoms with Gasteiger partial charge in [-0.3, -0.25) is 9.89 Å². The summed E-state index contributed by atoms with van der Waals surface area (Å²) >= 11 is 0. The summed E-state index contributed by atoms with van der Waals surface area (Å²) in [6.45, 7) is 4.56. The first kappa shape index (κ1) is 14.1. The van der Waals surface area contributed by atoms with E-state index in [2.05, 4.69) is 10.2 Å². The average Bonchev–Trinajstić information content (AvgIpc) is 2.90. The van der Waals surface area contributed by atoms with Gasteiger partial charge in [-0.25, -0.2) is 0 Å². The molecule has 1 heterocycles. The molecule has 0 unspecified atom stereocenters. The summed E-state index contributed by atoms with van der Waals surface area (Å²) in [6, 6.07) is 5.91. The summed E-state index contributed by atoms with van der Waals surface area (Å²) in [5.74, 6) is 0.687. The van der Waals surface area contributed by atoms with E-state index < -0.39 is 0 Å².